The fraction of sp³-hybridized carbons (Fsp3) is 0.900. The first-order chi connectivity index (χ1) is 7.96. The number of hydrogen-bond donors (Lipinski definition) is 0. The molecular weight excluding hydrogens is 248 g/mol. The third kappa shape index (κ3) is 3.40. The van der Waals surface area contributed by atoms with Gasteiger partial charge in [-0.1, -0.05) is 0 Å². The molecule has 3 unspecified atom stereocenters. The van der Waals surface area contributed by atoms with E-state index in [0.29, 0.717) is 6.42 Å². The fourth-order valence-electron chi connectivity index (χ4n) is 2.40. The highest BCUT2D eigenvalue weighted by Gasteiger charge is 2.45. The molecule has 0 radical (unpaired) electrons. The van der Waals surface area contributed by atoms with Crippen LogP contribution in [0.15, 0.2) is 0 Å². The maximum Gasteiger partial charge on any atom is 0.311 e. The van der Waals surface area contributed by atoms with E-state index in [-0.39, 0.29) is 37.1 Å². The molecule has 17 heavy (non-hydrogen) atoms. The highest BCUT2D eigenvalue weighted by Crippen LogP contribution is 2.39. The SMILES string of the molecule is O=C(OCCCS(=O)(=O)[O-])C1CC2CCC1O2. The molecule has 0 spiro atoms. The van der Waals surface area contributed by atoms with Gasteiger partial charge >= 0.3 is 5.97 Å². The lowest BCUT2D eigenvalue weighted by Gasteiger charge is -2.17. The quantitative estimate of drug-likeness (QED) is 0.395. The molecule has 6 nitrogen and oxygen atoms in total. The van der Waals surface area contributed by atoms with Crippen molar-refractivity contribution < 1.29 is 27.2 Å². The van der Waals surface area contributed by atoms with E-state index in [4.69, 9.17) is 9.47 Å². The largest absolute Gasteiger partial charge is 0.748 e. The molecular formula is C10H15O6S-. The lowest BCUT2D eigenvalue weighted by molar-refractivity contribution is -0.150. The Bertz CT molecular complexity index is 390. The van der Waals surface area contributed by atoms with Crippen molar-refractivity contribution >= 4 is 16.1 Å². The summed E-state index contributed by atoms with van der Waals surface area (Å²) in [5.41, 5.74) is 0. The van der Waals surface area contributed by atoms with Crippen LogP contribution < -0.4 is 0 Å². The molecule has 2 aliphatic rings. The van der Waals surface area contributed by atoms with Crippen LogP contribution in [0.2, 0.25) is 0 Å². The van der Waals surface area contributed by atoms with Gasteiger partial charge < -0.3 is 14.0 Å². The van der Waals surface area contributed by atoms with E-state index < -0.39 is 15.9 Å². The van der Waals surface area contributed by atoms with Gasteiger partial charge in [0.15, 0.2) is 0 Å². The molecule has 0 N–H and O–H groups in total. The molecule has 7 heteroatoms. The van der Waals surface area contributed by atoms with Crippen molar-refractivity contribution in [3.63, 3.8) is 0 Å². The second kappa shape index (κ2) is 4.91. The van der Waals surface area contributed by atoms with Crippen molar-refractivity contribution in [2.45, 2.75) is 37.9 Å². The summed E-state index contributed by atoms with van der Waals surface area (Å²) in [4.78, 5) is 11.6. The van der Waals surface area contributed by atoms with Crippen LogP contribution in [0.5, 0.6) is 0 Å². The monoisotopic (exact) mass is 263 g/mol. The van der Waals surface area contributed by atoms with Crippen LogP contribution in [0.4, 0.5) is 0 Å². The van der Waals surface area contributed by atoms with E-state index in [0.717, 1.165) is 12.8 Å². The Morgan fingerprint density at radius 3 is 2.71 bits per heavy atom. The first kappa shape index (κ1) is 12.8. The molecule has 2 aliphatic heterocycles. The first-order valence-electron chi connectivity index (χ1n) is 5.71. The van der Waals surface area contributed by atoms with Gasteiger partial charge in [-0.05, 0) is 25.7 Å². The van der Waals surface area contributed by atoms with Crippen molar-refractivity contribution in [3.8, 4) is 0 Å². The molecule has 0 aliphatic carbocycles. The van der Waals surface area contributed by atoms with Gasteiger partial charge in [-0.3, -0.25) is 4.79 Å². The molecule has 2 saturated heterocycles. The van der Waals surface area contributed by atoms with Gasteiger partial charge in [0.25, 0.3) is 0 Å². The van der Waals surface area contributed by atoms with Gasteiger partial charge in [0.05, 0.1) is 34.9 Å². The minimum absolute atomic E-state index is 0.0197. The van der Waals surface area contributed by atoms with Crippen LogP contribution in [0.3, 0.4) is 0 Å². The van der Waals surface area contributed by atoms with Crippen LogP contribution >= 0.6 is 0 Å². The van der Waals surface area contributed by atoms with Crippen LogP contribution in [-0.2, 0) is 24.4 Å². The summed E-state index contributed by atoms with van der Waals surface area (Å²) in [5, 5.41) is 0. The van der Waals surface area contributed by atoms with E-state index in [1.807, 2.05) is 0 Å². The zero-order valence-corrected chi connectivity index (χ0v) is 10.1. The summed E-state index contributed by atoms with van der Waals surface area (Å²) >= 11 is 0. The Labute approximate surface area is 100 Å². The second-order valence-electron chi connectivity index (χ2n) is 4.50. The van der Waals surface area contributed by atoms with Crippen LogP contribution in [0, 0.1) is 5.92 Å². The van der Waals surface area contributed by atoms with Crippen molar-refractivity contribution in [1.29, 1.82) is 0 Å². The number of fused-ring (bicyclic) bond motifs is 2. The third-order valence-electron chi connectivity index (χ3n) is 3.19. The van der Waals surface area contributed by atoms with E-state index in [2.05, 4.69) is 0 Å². The van der Waals surface area contributed by atoms with Gasteiger partial charge in [0.1, 0.15) is 0 Å². The Morgan fingerprint density at radius 2 is 2.18 bits per heavy atom. The summed E-state index contributed by atoms with van der Waals surface area (Å²) in [6, 6.07) is 0. The summed E-state index contributed by atoms with van der Waals surface area (Å²) in [7, 11) is -4.22. The van der Waals surface area contributed by atoms with E-state index in [1.165, 1.54) is 0 Å². The van der Waals surface area contributed by atoms with Crippen molar-refractivity contribution in [3.05, 3.63) is 0 Å². The summed E-state index contributed by atoms with van der Waals surface area (Å²) in [6.45, 7) is -0.0197. The zero-order chi connectivity index (χ0) is 12.5. The minimum Gasteiger partial charge on any atom is -0.748 e. The van der Waals surface area contributed by atoms with Crippen molar-refractivity contribution in [2.24, 2.45) is 5.92 Å². The number of carbonyl (C=O) groups excluding carboxylic acids is 1. The Kier molecular flexibility index (Phi) is 3.70. The maximum atomic E-state index is 11.6. The molecule has 3 atom stereocenters. The standard InChI is InChI=1S/C10H16O6S/c11-10(15-4-1-5-17(12,13)14)8-6-7-2-3-9(8)16-7/h7-9H,1-6H2,(H,12,13,14)/p-1. The molecule has 2 bridgehead atoms. The van der Waals surface area contributed by atoms with Crippen LogP contribution in [0.25, 0.3) is 0 Å². The molecule has 0 saturated carbocycles. The summed E-state index contributed by atoms with van der Waals surface area (Å²) in [5.74, 6) is -1.04. The molecule has 0 aromatic carbocycles. The Hall–Kier alpha value is -0.660. The Balaban J connectivity index is 1.68. The van der Waals surface area contributed by atoms with Gasteiger partial charge in [0, 0.05) is 5.75 Å². The first-order valence-corrected chi connectivity index (χ1v) is 7.29. The molecule has 98 valence electrons. The topological polar surface area (TPSA) is 92.7 Å². The lowest BCUT2D eigenvalue weighted by Crippen LogP contribution is -2.27. The average molecular weight is 263 g/mol. The Morgan fingerprint density at radius 1 is 1.41 bits per heavy atom. The molecule has 2 fully saturated rings. The number of carbonyl (C=O) groups is 1. The van der Waals surface area contributed by atoms with Gasteiger partial charge in [-0.2, -0.15) is 0 Å². The molecule has 0 aromatic heterocycles. The smallest absolute Gasteiger partial charge is 0.311 e. The summed E-state index contributed by atoms with van der Waals surface area (Å²) in [6.07, 6.45) is 2.79. The van der Waals surface area contributed by atoms with E-state index >= 15 is 0 Å². The van der Waals surface area contributed by atoms with Gasteiger partial charge in [-0.25, -0.2) is 8.42 Å². The number of hydrogen-bond acceptors (Lipinski definition) is 6. The van der Waals surface area contributed by atoms with Gasteiger partial charge in [0.2, 0.25) is 0 Å². The lowest BCUT2D eigenvalue weighted by atomic mass is 9.89. The van der Waals surface area contributed by atoms with Crippen molar-refractivity contribution in [1.82, 2.24) is 0 Å². The predicted molar refractivity (Wildman–Crippen MR) is 56.1 cm³/mol. The zero-order valence-electron chi connectivity index (χ0n) is 9.33. The van der Waals surface area contributed by atoms with Gasteiger partial charge in [-0.15, -0.1) is 0 Å². The number of ether oxygens (including phenoxy) is 2. The highest BCUT2D eigenvalue weighted by molar-refractivity contribution is 7.85. The summed E-state index contributed by atoms with van der Waals surface area (Å²) < 4.78 is 41.4. The highest BCUT2D eigenvalue weighted by atomic mass is 32.2. The molecule has 2 heterocycles. The minimum atomic E-state index is -4.22. The predicted octanol–water partition coefficient (Wildman–Crippen LogP) is 0.0324. The second-order valence-corrected chi connectivity index (χ2v) is 6.02. The maximum absolute atomic E-state index is 11.6. The van der Waals surface area contributed by atoms with E-state index in [9.17, 15) is 17.8 Å². The molecule has 0 amide bonds. The molecule has 2 rings (SSSR count). The fourth-order valence-corrected chi connectivity index (χ4v) is 2.87. The van der Waals surface area contributed by atoms with Crippen LogP contribution in [0.1, 0.15) is 25.7 Å². The van der Waals surface area contributed by atoms with Crippen LogP contribution in [-0.4, -0.2) is 43.5 Å². The average Bonchev–Trinajstić information content (AvgIpc) is 2.84. The van der Waals surface area contributed by atoms with Crippen molar-refractivity contribution in [2.75, 3.05) is 12.4 Å². The molecule has 0 aromatic rings. The number of esters is 1. The van der Waals surface area contributed by atoms with E-state index in [1.54, 1.807) is 0 Å². The third-order valence-corrected chi connectivity index (χ3v) is 3.98. The number of rotatable bonds is 5. The normalized spacial score (nSPS) is 31.7.